The highest BCUT2D eigenvalue weighted by Gasteiger charge is 2.14. The summed E-state index contributed by atoms with van der Waals surface area (Å²) in [6.07, 6.45) is -0.834. The van der Waals surface area contributed by atoms with Crippen molar-refractivity contribution >= 4 is 28.5 Å². The molecule has 100 valence electrons. The Balaban J connectivity index is 1.96. The van der Waals surface area contributed by atoms with E-state index in [-0.39, 0.29) is 12.5 Å². The number of aliphatic hydroxyl groups is 1. The number of amides is 1. The molecule has 2 aromatic rings. The highest BCUT2D eigenvalue weighted by molar-refractivity contribution is 14.1. The SMILES string of the molecule is Cc1ccc(C(O)CNC(=O)c2ccccc2I)o1. The number of hydrogen-bond donors (Lipinski definition) is 2. The Bertz CT molecular complexity index is 580. The van der Waals surface area contributed by atoms with Gasteiger partial charge in [-0.3, -0.25) is 4.79 Å². The molecule has 0 aliphatic heterocycles. The zero-order valence-corrected chi connectivity index (χ0v) is 12.5. The minimum Gasteiger partial charge on any atom is -0.464 e. The van der Waals surface area contributed by atoms with Gasteiger partial charge in [-0.2, -0.15) is 0 Å². The highest BCUT2D eigenvalue weighted by atomic mass is 127. The van der Waals surface area contributed by atoms with Gasteiger partial charge >= 0.3 is 0 Å². The zero-order chi connectivity index (χ0) is 13.8. The topological polar surface area (TPSA) is 62.5 Å². The van der Waals surface area contributed by atoms with Gasteiger partial charge < -0.3 is 14.8 Å². The molecule has 0 aliphatic rings. The van der Waals surface area contributed by atoms with Crippen LogP contribution in [0.15, 0.2) is 40.8 Å². The van der Waals surface area contributed by atoms with Gasteiger partial charge in [0.1, 0.15) is 17.6 Å². The summed E-state index contributed by atoms with van der Waals surface area (Å²) in [7, 11) is 0. The lowest BCUT2D eigenvalue weighted by Crippen LogP contribution is -2.28. The fourth-order valence-electron chi connectivity index (χ4n) is 1.66. The molecule has 0 aliphatic carbocycles. The number of aryl methyl sites for hydroxylation is 1. The van der Waals surface area contributed by atoms with E-state index in [1.54, 1.807) is 25.1 Å². The van der Waals surface area contributed by atoms with Crippen LogP contribution >= 0.6 is 22.6 Å². The quantitative estimate of drug-likeness (QED) is 0.813. The van der Waals surface area contributed by atoms with Gasteiger partial charge in [-0.25, -0.2) is 0 Å². The lowest BCUT2D eigenvalue weighted by atomic mass is 10.2. The monoisotopic (exact) mass is 371 g/mol. The Morgan fingerprint density at radius 2 is 2.11 bits per heavy atom. The Hall–Kier alpha value is -1.34. The van der Waals surface area contributed by atoms with Crippen molar-refractivity contribution in [1.82, 2.24) is 5.32 Å². The van der Waals surface area contributed by atoms with Crippen molar-refractivity contribution in [2.75, 3.05) is 6.54 Å². The van der Waals surface area contributed by atoms with Gasteiger partial charge in [-0.05, 0) is 53.8 Å². The van der Waals surface area contributed by atoms with Crippen molar-refractivity contribution in [2.45, 2.75) is 13.0 Å². The summed E-state index contributed by atoms with van der Waals surface area (Å²) in [5.41, 5.74) is 0.603. The second-order valence-corrected chi connectivity index (χ2v) is 5.32. The molecule has 0 saturated carbocycles. The van der Waals surface area contributed by atoms with Gasteiger partial charge in [0.05, 0.1) is 12.1 Å². The lowest BCUT2D eigenvalue weighted by Gasteiger charge is -2.10. The number of furan rings is 1. The smallest absolute Gasteiger partial charge is 0.252 e. The molecule has 0 spiro atoms. The first-order valence-corrected chi connectivity index (χ1v) is 6.93. The highest BCUT2D eigenvalue weighted by Crippen LogP contribution is 2.16. The predicted octanol–water partition coefficient (Wildman–Crippen LogP) is 2.66. The van der Waals surface area contributed by atoms with Crippen molar-refractivity contribution in [2.24, 2.45) is 0 Å². The Kier molecular flexibility index (Phi) is 4.60. The number of benzene rings is 1. The van der Waals surface area contributed by atoms with E-state index in [9.17, 15) is 9.90 Å². The molecule has 5 heteroatoms. The van der Waals surface area contributed by atoms with Gasteiger partial charge in [0.25, 0.3) is 5.91 Å². The minimum absolute atomic E-state index is 0.122. The summed E-state index contributed by atoms with van der Waals surface area (Å²) in [4.78, 5) is 11.9. The maximum atomic E-state index is 11.9. The second-order valence-electron chi connectivity index (χ2n) is 4.15. The third-order valence-corrected chi connectivity index (χ3v) is 3.60. The third-order valence-electron chi connectivity index (χ3n) is 2.66. The van der Waals surface area contributed by atoms with Crippen molar-refractivity contribution in [3.63, 3.8) is 0 Å². The van der Waals surface area contributed by atoms with Crippen molar-refractivity contribution < 1.29 is 14.3 Å². The average molecular weight is 371 g/mol. The van der Waals surface area contributed by atoms with E-state index in [0.29, 0.717) is 11.3 Å². The number of carbonyl (C=O) groups excluding carboxylic acids is 1. The second kappa shape index (κ2) is 6.21. The van der Waals surface area contributed by atoms with Gasteiger partial charge in [0.2, 0.25) is 0 Å². The fourth-order valence-corrected chi connectivity index (χ4v) is 2.30. The molecule has 19 heavy (non-hydrogen) atoms. The van der Waals surface area contributed by atoms with Gasteiger partial charge in [0.15, 0.2) is 0 Å². The molecule has 0 saturated heterocycles. The van der Waals surface area contributed by atoms with E-state index >= 15 is 0 Å². The van der Waals surface area contributed by atoms with E-state index in [1.165, 1.54) is 0 Å². The Morgan fingerprint density at radius 3 is 2.74 bits per heavy atom. The molecule has 4 nitrogen and oxygen atoms in total. The van der Waals surface area contributed by atoms with E-state index in [0.717, 1.165) is 9.33 Å². The summed E-state index contributed by atoms with van der Waals surface area (Å²) >= 11 is 2.11. The van der Waals surface area contributed by atoms with E-state index in [2.05, 4.69) is 27.9 Å². The maximum Gasteiger partial charge on any atom is 0.252 e. The van der Waals surface area contributed by atoms with Crippen LogP contribution in [0.5, 0.6) is 0 Å². The standard InChI is InChI=1S/C14H14INO3/c1-9-6-7-13(19-9)12(17)8-16-14(18)10-4-2-3-5-11(10)15/h2-7,12,17H,8H2,1H3,(H,16,18). The van der Waals surface area contributed by atoms with Crippen LogP contribution in [0.2, 0.25) is 0 Å². The van der Waals surface area contributed by atoms with Crippen LogP contribution in [0, 0.1) is 10.5 Å². The molecular weight excluding hydrogens is 357 g/mol. The predicted molar refractivity (Wildman–Crippen MR) is 79.9 cm³/mol. The number of nitrogens with one attached hydrogen (secondary N) is 1. The molecule has 1 aromatic carbocycles. The summed E-state index contributed by atoms with van der Waals surface area (Å²) in [5, 5.41) is 12.6. The van der Waals surface area contributed by atoms with Crippen LogP contribution in [0.25, 0.3) is 0 Å². The average Bonchev–Trinajstić information content (AvgIpc) is 2.83. The summed E-state index contributed by atoms with van der Waals surface area (Å²) in [5.74, 6) is 0.992. The lowest BCUT2D eigenvalue weighted by molar-refractivity contribution is 0.0899. The van der Waals surface area contributed by atoms with Gasteiger partial charge in [-0.15, -0.1) is 0 Å². The first kappa shape index (κ1) is 14.1. The fraction of sp³-hybridized carbons (Fsp3) is 0.214. The number of rotatable bonds is 4. The normalized spacial score (nSPS) is 12.2. The largest absolute Gasteiger partial charge is 0.464 e. The first-order chi connectivity index (χ1) is 9.08. The minimum atomic E-state index is -0.834. The molecule has 1 unspecified atom stereocenters. The van der Waals surface area contributed by atoms with E-state index in [1.807, 2.05) is 18.2 Å². The Morgan fingerprint density at radius 1 is 1.37 bits per heavy atom. The summed E-state index contributed by atoms with van der Waals surface area (Å²) in [6, 6.07) is 10.8. The van der Waals surface area contributed by atoms with E-state index in [4.69, 9.17) is 4.42 Å². The molecule has 1 atom stereocenters. The first-order valence-electron chi connectivity index (χ1n) is 5.85. The molecule has 1 heterocycles. The van der Waals surface area contributed by atoms with Crippen molar-refractivity contribution in [3.8, 4) is 0 Å². The third kappa shape index (κ3) is 3.57. The molecule has 0 radical (unpaired) electrons. The van der Waals surface area contributed by atoms with Gasteiger partial charge in [0, 0.05) is 3.57 Å². The number of halogens is 1. The zero-order valence-electron chi connectivity index (χ0n) is 10.4. The van der Waals surface area contributed by atoms with Crippen LogP contribution in [0.3, 0.4) is 0 Å². The Labute approximate surface area is 125 Å². The van der Waals surface area contributed by atoms with Crippen molar-refractivity contribution in [1.29, 1.82) is 0 Å². The van der Waals surface area contributed by atoms with Gasteiger partial charge in [-0.1, -0.05) is 12.1 Å². The van der Waals surface area contributed by atoms with Crippen LogP contribution < -0.4 is 5.32 Å². The molecule has 0 fully saturated rings. The molecule has 2 N–H and O–H groups in total. The maximum absolute atomic E-state index is 11.9. The number of carbonyl (C=O) groups is 1. The van der Waals surface area contributed by atoms with Crippen LogP contribution in [-0.4, -0.2) is 17.6 Å². The molecule has 1 aromatic heterocycles. The van der Waals surface area contributed by atoms with Crippen LogP contribution in [0.1, 0.15) is 28.0 Å². The van der Waals surface area contributed by atoms with Crippen molar-refractivity contribution in [3.05, 3.63) is 57.1 Å². The summed E-state index contributed by atoms with van der Waals surface area (Å²) in [6.45, 7) is 1.93. The van der Waals surface area contributed by atoms with Crippen LogP contribution in [0.4, 0.5) is 0 Å². The molecule has 1 amide bonds. The molecule has 0 bridgehead atoms. The van der Waals surface area contributed by atoms with E-state index < -0.39 is 6.10 Å². The number of aliphatic hydroxyl groups excluding tert-OH is 1. The van der Waals surface area contributed by atoms with Crippen LogP contribution in [-0.2, 0) is 0 Å². The summed E-state index contributed by atoms with van der Waals surface area (Å²) < 4.78 is 6.18. The molecule has 2 rings (SSSR count). The molecular formula is C14H14INO3. The number of hydrogen-bond acceptors (Lipinski definition) is 3.